The first-order valence-corrected chi connectivity index (χ1v) is 7.68. The van der Waals surface area contributed by atoms with Gasteiger partial charge in [0.1, 0.15) is 0 Å². The molecule has 1 unspecified atom stereocenters. The molecule has 0 fully saturated rings. The fourth-order valence-electron chi connectivity index (χ4n) is 2.05. The number of nitrogens with zero attached hydrogens (tertiary/aromatic N) is 1. The number of hydrogen-bond acceptors (Lipinski definition) is 2. The van der Waals surface area contributed by atoms with Gasteiger partial charge in [-0.1, -0.05) is 23.8 Å². The van der Waals surface area contributed by atoms with Crippen molar-refractivity contribution >= 4 is 31.9 Å². The number of halogens is 2. The molecule has 0 aliphatic carbocycles. The van der Waals surface area contributed by atoms with E-state index in [1.54, 1.807) is 6.20 Å². The zero-order valence-corrected chi connectivity index (χ0v) is 14.1. The van der Waals surface area contributed by atoms with Crippen molar-refractivity contribution in [2.75, 3.05) is 0 Å². The van der Waals surface area contributed by atoms with Gasteiger partial charge in [0.05, 0.1) is 11.7 Å². The monoisotopic (exact) mass is 382 g/mol. The molecule has 2 aromatic rings. The Bertz CT molecular complexity index is 597. The Hall–Kier alpha value is -0.710. The van der Waals surface area contributed by atoms with Crippen LogP contribution < -0.4 is 5.73 Å². The third kappa shape index (κ3) is 3.65. The highest BCUT2D eigenvalue weighted by Crippen LogP contribution is 2.26. The highest BCUT2D eigenvalue weighted by molar-refractivity contribution is 9.11. The van der Waals surface area contributed by atoms with Gasteiger partial charge in [0.15, 0.2) is 0 Å². The van der Waals surface area contributed by atoms with E-state index < -0.39 is 0 Å². The maximum atomic E-state index is 6.29. The van der Waals surface area contributed by atoms with E-state index >= 15 is 0 Å². The normalized spacial score (nSPS) is 12.5. The number of pyridine rings is 1. The number of hydrogen-bond donors (Lipinski definition) is 1. The minimum absolute atomic E-state index is 0.108. The summed E-state index contributed by atoms with van der Waals surface area (Å²) >= 11 is 6.92. The van der Waals surface area contributed by atoms with Gasteiger partial charge in [-0.2, -0.15) is 0 Å². The molecule has 2 rings (SSSR count). The average molecular weight is 384 g/mol. The first kappa shape index (κ1) is 14.7. The van der Waals surface area contributed by atoms with Crippen molar-refractivity contribution in [1.82, 2.24) is 4.98 Å². The summed E-state index contributed by atoms with van der Waals surface area (Å²) < 4.78 is 1.89. The van der Waals surface area contributed by atoms with Gasteiger partial charge >= 0.3 is 0 Å². The lowest BCUT2D eigenvalue weighted by Crippen LogP contribution is -2.16. The van der Waals surface area contributed by atoms with Crippen LogP contribution in [0.15, 0.2) is 39.4 Å². The Balaban J connectivity index is 2.25. The predicted molar refractivity (Wildman–Crippen MR) is 86.2 cm³/mol. The highest BCUT2D eigenvalue weighted by Gasteiger charge is 2.14. The minimum Gasteiger partial charge on any atom is -0.322 e. The van der Waals surface area contributed by atoms with Crippen LogP contribution in [-0.4, -0.2) is 4.98 Å². The van der Waals surface area contributed by atoms with Gasteiger partial charge in [-0.3, -0.25) is 4.98 Å². The average Bonchev–Trinajstić information content (AvgIpc) is 2.33. The maximum absolute atomic E-state index is 6.29. The van der Waals surface area contributed by atoms with Crippen LogP contribution in [0.4, 0.5) is 0 Å². The molecule has 0 radical (unpaired) electrons. The molecule has 19 heavy (non-hydrogen) atoms. The second-order valence-electron chi connectivity index (χ2n) is 4.76. The van der Waals surface area contributed by atoms with Crippen LogP contribution in [-0.2, 0) is 6.42 Å². The third-order valence-corrected chi connectivity index (χ3v) is 4.20. The van der Waals surface area contributed by atoms with E-state index in [4.69, 9.17) is 5.73 Å². The van der Waals surface area contributed by atoms with Crippen LogP contribution in [0.1, 0.15) is 28.4 Å². The van der Waals surface area contributed by atoms with E-state index in [1.807, 2.05) is 6.07 Å². The summed E-state index contributed by atoms with van der Waals surface area (Å²) in [5.74, 6) is 0. The van der Waals surface area contributed by atoms with Gasteiger partial charge in [0, 0.05) is 15.1 Å². The smallest absolute Gasteiger partial charge is 0.0716 e. The van der Waals surface area contributed by atoms with E-state index in [0.29, 0.717) is 0 Å². The summed E-state index contributed by atoms with van der Waals surface area (Å²) in [5, 5.41) is 0. The van der Waals surface area contributed by atoms with Gasteiger partial charge in [-0.05, 0) is 69.3 Å². The lowest BCUT2D eigenvalue weighted by Gasteiger charge is -2.15. The zero-order chi connectivity index (χ0) is 14.0. The van der Waals surface area contributed by atoms with Gasteiger partial charge in [0.2, 0.25) is 0 Å². The largest absolute Gasteiger partial charge is 0.322 e. The van der Waals surface area contributed by atoms with Crippen molar-refractivity contribution in [3.63, 3.8) is 0 Å². The number of aromatic nitrogens is 1. The van der Waals surface area contributed by atoms with Crippen molar-refractivity contribution in [3.8, 4) is 0 Å². The summed E-state index contributed by atoms with van der Waals surface area (Å²) in [6.07, 6.45) is 2.57. The number of aryl methyl sites for hydroxylation is 2. The van der Waals surface area contributed by atoms with Crippen LogP contribution in [0.3, 0.4) is 0 Å². The summed E-state index contributed by atoms with van der Waals surface area (Å²) in [4.78, 5) is 4.41. The Morgan fingerprint density at radius 1 is 1.21 bits per heavy atom. The first-order chi connectivity index (χ1) is 8.97. The molecule has 0 amide bonds. The second-order valence-corrected chi connectivity index (χ2v) is 6.53. The van der Waals surface area contributed by atoms with E-state index in [2.05, 4.69) is 68.9 Å². The van der Waals surface area contributed by atoms with E-state index in [-0.39, 0.29) is 6.04 Å². The Morgan fingerprint density at radius 2 is 1.95 bits per heavy atom. The lowest BCUT2D eigenvalue weighted by molar-refractivity contribution is 0.689. The van der Waals surface area contributed by atoms with E-state index in [0.717, 1.165) is 21.1 Å². The molecule has 4 heteroatoms. The molecule has 0 aliphatic heterocycles. The molecule has 0 saturated heterocycles. The molecular formula is C15H16Br2N2. The topological polar surface area (TPSA) is 38.9 Å². The molecule has 1 heterocycles. The lowest BCUT2D eigenvalue weighted by atomic mass is 9.98. The maximum Gasteiger partial charge on any atom is 0.0716 e. The van der Waals surface area contributed by atoms with Crippen molar-refractivity contribution < 1.29 is 0 Å². The van der Waals surface area contributed by atoms with E-state index in [1.165, 1.54) is 16.7 Å². The van der Waals surface area contributed by atoms with Gasteiger partial charge in [0.25, 0.3) is 0 Å². The van der Waals surface area contributed by atoms with Gasteiger partial charge in [-0.15, -0.1) is 0 Å². The molecule has 100 valence electrons. The van der Waals surface area contributed by atoms with Crippen LogP contribution in [0, 0.1) is 13.8 Å². The molecule has 1 aromatic heterocycles. The molecular weight excluding hydrogens is 368 g/mol. The van der Waals surface area contributed by atoms with Crippen LogP contribution in [0.2, 0.25) is 0 Å². The quantitative estimate of drug-likeness (QED) is 0.849. The molecule has 0 saturated carbocycles. The summed E-state index contributed by atoms with van der Waals surface area (Å²) in [7, 11) is 0. The fraction of sp³-hybridized carbons (Fsp3) is 0.267. The molecule has 2 N–H and O–H groups in total. The van der Waals surface area contributed by atoms with Crippen molar-refractivity contribution in [1.29, 1.82) is 0 Å². The Morgan fingerprint density at radius 3 is 2.63 bits per heavy atom. The van der Waals surface area contributed by atoms with Crippen LogP contribution >= 0.6 is 31.9 Å². The Labute approximate surface area is 130 Å². The molecule has 2 nitrogen and oxygen atoms in total. The second kappa shape index (κ2) is 6.16. The highest BCUT2D eigenvalue weighted by atomic mass is 79.9. The van der Waals surface area contributed by atoms with Crippen molar-refractivity contribution in [3.05, 3.63) is 61.8 Å². The van der Waals surface area contributed by atoms with Crippen molar-refractivity contribution in [2.24, 2.45) is 5.73 Å². The standard InChI is InChI=1S/C15H16Br2N2/c1-9-3-4-10(2)11(5-9)6-14(18)15-13(17)7-12(16)8-19-15/h3-5,7-8,14H,6,18H2,1-2H3. The van der Waals surface area contributed by atoms with Crippen molar-refractivity contribution in [2.45, 2.75) is 26.3 Å². The predicted octanol–water partition coefficient (Wildman–Crippen LogP) is 4.47. The van der Waals surface area contributed by atoms with Crippen LogP contribution in [0.25, 0.3) is 0 Å². The summed E-state index contributed by atoms with van der Waals surface area (Å²) in [6, 6.07) is 8.33. The SMILES string of the molecule is Cc1ccc(C)c(CC(N)c2ncc(Br)cc2Br)c1. The molecule has 1 atom stereocenters. The number of rotatable bonds is 3. The number of benzene rings is 1. The molecule has 0 bridgehead atoms. The van der Waals surface area contributed by atoms with E-state index in [9.17, 15) is 0 Å². The zero-order valence-electron chi connectivity index (χ0n) is 11.0. The third-order valence-electron chi connectivity index (χ3n) is 3.13. The fourth-order valence-corrected chi connectivity index (χ4v) is 3.33. The molecule has 1 aromatic carbocycles. The summed E-state index contributed by atoms with van der Waals surface area (Å²) in [6.45, 7) is 4.22. The van der Waals surface area contributed by atoms with Gasteiger partial charge < -0.3 is 5.73 Å². The molecule has 0 spiro atoms. The molecule has 0 aliphatic rings. The minimum atomic E-state index is -0.108. The first-order valence-electron chi connectivity index (χ1n) is 6.10. The van der Waals surface area contributed by atoms with Crippen LogP contribution in [0.5, 0.6) is 0 Å². The Kier molecular flexibility index (Phi) is 4.76. The number of nitrogens with two attached hydrogens (primary N) is 1. The van der Waals surface area contributed by atoms with Gasteiger partial charge in [-0.25, -0.2) is 0 Å². The summed E-state index contributed by atoms with van der Waals surface area (Å²) in [5.41, 5.74) is 11.0.